The van der Waals surface area contributed by atoms with Gasteiger partial charge in [0, 0.05) is 0 Å². The van der Waals surface area contributed by atoms with Crippen molar-refractivity contribution < 1.29 is 17.9 Å². The highest BCUT2D eigenvalue weighted by Gasteiger charge is 2.30. The molecule has 170 valence electrons. The van der Waals surface area contributed by atoms with Gasteiger partial charge in [0.25, 0.3) is 0 Å². The topological polar surface area (TPSA) is 75.7 Å². The number of nitrogens with one attached hydrogen (secondary N) is 1. The molecule has 0 saturated heterocycles. The highest BCUT2D eigenvalue weighted by Crippen LogP contribution is 2.31. The van der Waals surface area contributed by atoms with Crippen LogP contribution < -0.4 is 14.4 Å². The van der Waals surface area contributed by atoms with E-state index in [1.54, 1.807) is 13.0 Å². The lowest BCUT2D eigenvalue weighted by Crippen LogP contribution is -2.48. The number of anilines is 1. The number of amides is 1. The summed E-state index contributed by atoms with van der Waals surface area (Å²) in [5.74, 6) is 0.407. The first kappa shape index (κ1) is 24.7. The summed E-state index contributed by atoms with van der Waals surface area (Å²) in [6, 6.07) is 12.5. The summed E-state index contributed by atoms with van der Waals surface area (Å²) in [6.45, 7) is 12.2. The zero-order chi connectivity index (χ0) is 23.4. The van der Waals surface area contributed by atoms with Crippen molar-refractivity contribution in [3.05, 3.63) is 59.2 Å². The third-order valence-corrected chi connectivity index (χ3v) is 6.27. The van der Waals surface area contributed by atoms with Crippen molar-refractivity contribution >= 4 is 21.6 Å². The molecule has 1 atom stereocenters. The molecule has 0 aliphatic rings. The molecule has 0 aromatic heterocycles. The smallest absolute Gasteiger partial charge is 0.243 e. The number of carbonyl (C=O) groups is 1. The summed E-state index contributed by atoms with van der Waals surface area (Å²) in [6.07, 6.45) is 1.12. The Morgan fingerprint density at radius 1 is 1.13 bits per heavy atom. The fraction of sp³-hybridized carbons (Fsp3) is 0.458. The number of benzene rings is 2. The molecule has 2 aromatic carbocycles. The average Bonchev–Trinajstić information content (AvgIpc) is 2.66. The summed E-state index contributed by atoms with van der Waals surface area (Å²) >= 11 is 0. The Morgan fingerprint density at radius 2 is 1.77 bits per heavy atom. The Morgan fingerprint density at radius 3 is 2.39 bits per heavy atom. The number of hydrogen-bond acceptors (Lipinski definition) is 4. The van der Waals surface area contributed by atoms with E-state index in [0.29, 0.717) is 5.69 Å². The maximum atomic E-state index is 12.8. The monoisotopic (exact) mass is 446 g/mol. The fourth-order valence-corrected chi connectivity index (χ4v) is 4.66. The first-order chi connectivity index (χ1) is 14.3. The molecule has 1 N–H and O–H groups in total. The van der Waals surface area contributed by atoms with Crippen molar-refractivity contribution in [1.82, 2.24) is 5.32 Å². The van der Waals surface area contributed by atoms with Gasteiger partial charge in [0.2, 0.25) is 15.9 Å². The lowest BCUT2D eigenvalue weighted by molar-refractivity contribution is -0.121. The molecular weight excluding hydrogens is 412 g/mol. The molecule has 2 aromatic rings. The van der Waals surface area contributed by atoms with E-state index in [4.69, 9.17) is 4.74 Å². The van der Waals surface area contributed by atoms with Crippen LogP contribution in [0.3, 0.4) is 0 Å². The van der Waals surface area contributed by atoms with Crippen molar-refractivity contribution in [2.45, 2.75) is 53.0 Å². The summed E-state index contributed by atoms with van der Waals surface area (Å²) in [5, 5.41) is 2.80. The Labute approximate surface area is 186 Å². The van der Waals surface area contributed by atoms with Gasteiger partial charge in [-0.3, -0.25) is 9.10 Å². The molecule has 0 aliphatic heterocycles. The molecular formula is C24H34N2O4S. The van der Waals surface area contributed by atoms with Crippen LogP contribution >= 0.6 is 0 Å². The van der Waals surface area contributed by atoms with Crippen LogP contribution in [0, 0.1) is 13.8 Å². The minimum absolute atomic E-state index is 0.0595. The Hall–Kier alpha value is -2.54. The van der Waals surface area contributed by atoms with E-state index in [0.717, 1.165) is 28.7 Å². The predicted octanol–water partition coefficient (Wildman–Crippen LogP) is 3.95. The number of hydrogen-bond donors (Lipinski definition) is 1. The first-order valence-electron chi connectivity index (χ1n) is 10.4. The molecule has 0 saturated carbocycles. The van der Waals surface area contributed by atoms with Crippen LogP contribution in [0.25, 0.3) is 0 Å². The predicted molar refractivity (Wildman–Crippen MR) is 126 cm³/mol. The SMILES string of the molecule is Cc1ccc(C)c(N([C@@H](C)C(=O)NCCOc2ccccc2C(C)(C)C)S(C)(=O)=O)c1. The first-order valence-corrected chi connectivity index (χ1v) is 12.2. The van der Waals surface area contributed by atoms with Crippen molar-refractivity contribution in [3.8, 4) is 5.75 Å². The molecule has 0 fully saturated rings. The van der Waals surface area contributed by atoms with E-state index in [1.807, 2.05) is 50.2 Å². The second-order valence-corrected chi connectivity index (χ2v) is 10.8. The number of carbonyl (C=O) groups excluding carboxylic acids is 1. The zero-order valence-corrected chi connectivity index (χ0v) is 20.3. The molecule has 0 aliphatic carbocycles. The zero-order valence-electron chi connectivity index (χ0n) is 19.5. The highest BCUT2D eigenvalue weighted by atomic mass is 32.2. The van der Waals surface area contributed by atoms with Gasteiger partial charge in [-0.1, -0.05) is 51.1 Å². The van der Waals surface area contributed by atoms with Crippen LogP contribution in [0.1, 0.15) is 44.4 Å². The summed E-state index contributed by atoms with van der Waals surface area (Å²) in [5.41, 5.74) is 3.26. The van der Waals surface area contributed by atoms with Gasteiger partial charge in [0.15, 0.2) is 0 Å². The lowest BCUT2D eigenvalue weighted by Gasteiger charge is -2.29. The third kappa shape index (κ3) is 6.47. The average molecular weight is 447 g/mol. The van der Waals surface area contributed by atoms with E-state index >= 15 is 0 Å². The van der Waals surface area contributed by atoms with Crippen molar-refractivity contribution in [3.63, 3.8) is 0 Å². The number of aryl methyl sites for hydroxylation is 2. The minimum Gasteiger partial charge on any atom is -0.491 e. The maximum Gasteiger partial charge on any atom is 0.243 e. The number of rotatable bonds is 8. The standard InChI is InChI=1S/C24H34N2O4S/c1-17-12-13-18(2)21(16-17)26(31(7,28)29)19(3)23(27)25-14-15-30-22-11-9-8-10-20(22)24(4,5)6/h8-13,16,19H,14-15H2,1-7H3,(H,25,27)/t19-/m0/s1. The fourth-order valence-electron chi connectivity index (χ4n) is 3.43. The number of sulfonamides is 1. The van der Waals surface area contributed by atoms with E-state index < -0.39 is 16.1 Å². The molecule has 0 unspecified atom stereocenters. The molecule has 7 heteroatoms. The normalized spacial score (nSPS) is 12.9. The van der Waals surface area contributed by atoms with Crippen LogP contribution in [0.15, 0.2) is 42.5 Å². The van der Waals surface area contributed by atoms with Gasteiger partial charge in [-0.25, -0.2) is 8.42 Å². The van der Waals surface area contributed by atoms with Gasteiger partial charge >= 0.3 is 0 Å². The van der Waals surface area contributed by atoms with Crippen molar-refractivity contribution in [2.75, 3.05) is 23.7 Å². The van der Waals surface area contributed by atoms with Crippen LogP contribution in [0.2, 0.25) is 0 Å². The Kier molecular flexibility index (Phi) is 7.76. The Balaban J connectivity index is 2.07. The van der Waals surface area contributed by atoms with E-state index in [2.05, 4.69) is 26.1 Å². The largest absolute Gasteiger partial charge is 0.491 e. The maximum absolute atomic E-state index is 12.8. The molecule has 0 heterocycles. The lowest BCUT2D eigenvalue weighted by atomic mass is 9.86. The molecule has 0 spiro atoms. The van der Waals surface area contributed by atoms with Gasteiger partial charge in [-0.05, 0) is 55.0 Å². The highest BCUT2D eigenvalue weighted by molar-refractivity contribution is 7.92. The molecule has 2 rings (SSSR count). The number of nitrogens with zero attached hydrogens (tertiary/aromatic N) is 1. The number of para-hydroxylation sites is 1. The van der Waals surface area contributed by atoms with Crippen LogP contribution in [0.5, 0.6) is 5.75 Å². The van der Waals surface area contributed by atoms with Gasteiger partial charge in [-0.15, -0.1) is 0 Å². The third-order valence-electron chi connectivity index (χ3n) is 5.04. The van der Waals surface area contributed by atoms with Gasteiger partial charge < -0.3 is 10.1 Å². The van der Waals surface area contributed by atoms with Crippen LogP contribution in [-0.4, -0.2) is 39.8 Å². The second-order valence-electron chi connectivity index (χ2n) is 8.91. The number of ether oxygens (including phenoxy) is 1. The van der Waals surface area contributed by atoms with E-state index in [-0.39, 0.29) is 24.5 Å². The van der Waals surface area contributed by atoms with Crippen molar-refractivity contribution in [2.24, 2.45) is 0 Å². The summed E-state index contributed by atoms with van der Waals surface area (Å²) in [7, 11) is -3.66. The Bertz CT molecular complexity index is 1030. The van der Waals surface area contributed by atoms with Gasteiger partial charge in [0.05, 0.1) is 18.5 Å². The molecule has 0 bridgehead atoms. The molecule has 1 amide bonds. The van der Waals surface area contributed by atoms with Gasteiger partial charge in [-0.2, -0.15) is 0 Å². The second kappa shape index (κ2) is 9.73. The minimum atomic E-state index is -3.66. The van der Waals surface area contributed by atoms with Gasteiger partial charge in [0.1, 0.15) is 18.4 Å². The van der Waals surface area contributed by atoms with Crippen LogP contribution in [0.4, 0.5) is 5.69 Å². The van der Waals surface area contributed by atoms with Crippen molar-refractivity contribution in [1.29, 1.82) is 0 Å². The summed E-state index contributed by atoms with van der Waals surface area (Å²) in [4.78, 5) is 12.8. The quantitative estimate of drug-likeness (QED) is 0.623. The van der Waals surface area contributed by atoms with Crippen LogP contribution in [-0.2, 0) is 20.2 Å². The van der Waals surface area contributed by atoms with E-state index in [9.17, 15) is 13.2 Å². The molecule has 31 heavy (non-hydrogen) atoms. The summed E-state index contributed by atoms with van der Waals surface area (Å²) < 4.78 is 32.1. The molecule has 0 radical (unpaired) electrons. The van der Waals surface area contributed by atoms with E-state index in [1.165, 1.54) is 4.31 Å². The molecule has 6 nitrogen and oxygen atoms in total.